The van der Waals surface area contributed by atoms with Gasteiger partial charge in [-0.15, -0.1) is 0 Å². The lowest BCUT2D eigenvalue weighted by Crippen LogP contribution is -2.35. The largest absolute Gasteiger partial charge is 0.0596 e. The Kier molecular flexibility index (Phi) is 1.40. The average Bonchev–Trinajstić information content (AvgIpc) is 2.14. The van der Waals surface area contributed by atoms with Crippen LogP contribution in [0.1, 0.15) is 51.9 Å². The van der Waals surface area contributed by atoms with E-state index in [0.717, 1.165) is 23.2 Å². The third-order valence-electron chi connectivity index (χ3n) is 4.66. The van der Waals surface area contributed by atoms with E-state index < -0.39 is 0 Å². The van der Waals surface area contributed by atoms with E-state index in [1.807, 2.05) is 0 Å². The maximum atomic E-state index is 2.56. The maximum Gasteiger partial charge on any atom is -0.0318 e. The Hall–Kier alpha value is 0. The van der Waals surface area contributed by atoms with E-state index in [1.54, 1.807) is 44.9 Å². The zero-order chi connectivity index (χ0) is 8.18. The summed E-state index contributed by atoms with van der Waals surface area (Å²) in [6, 6.07) is 0. The summed E-state index contributed by atoms with van der Waals surface area (Å²) in [5, 5.41) is 0. The third-order valence-corrected chi connectivity index (χ3v) is 4.66. The Morgan fingerprint density at radius 1 is 0.833 bits per heavy atom. The van der Waals surface area contributed by atoms with Crippen LogP contribution >= 0.6 is 0 Å². The van der Waals surface area contributed by atoms with E-state index in [0.29, 0.717) is 0 Å². The van der Waals surface area contributed by atoms with E-state index in [2.05, 4.69) is 6.92 Å². The zero-order valence-corrected chi connectivity index (χ0v) is 8.18. The van der Waals surface area contributed by atoms with Gasteiger partial charge in [0, 0.05) is 0 Å². The molecule has 12 heavy (non-hydrogen) atoms. The first-order valence-corrected chi connectivity index (χ1v) is 5.73. The van der Waals surface area contributed by atoms with E-state index in [1.165, 1.54) is 0 Å². The van der Waals surface area contributed by atoms with Crippen molar-refractivity contribution in [3.05, 3.63) is 0 Å². The first kappa shape index (κ1) is 7.41. The second-order valence-electron chi connectivity index (χ2n) is 6.07. The highest BCUT2D eigenvalue weighted by Gasteiger charge is 2.45. The predicted octanol–water partition coefficient (Wildman–Crippen LogP) is 3.61. The topological polar surface area (TPSA) is 0 Å². The lowest BCUT2D eigenvalue weighted by Gasteiger charge is -2.46. The molecule has 0 saturated heterocycles. The molecule has 2 unspecified atom stereocenters. The summed E-state index contributed by atoms with van der Waals surface area (Å²) in [7, 11) is 0. The summed E-state index contributed by atoms with van der Waals surface area (Å²) in [4.78, 5) is 0. The van der Waals surface area contributed by atoms with Gasteiger partial charge in [-0.3, -0.25) is 0 Å². The van der Waals surface area contributed by atoms with Crippen molar-refractivity contribution < 1.29 is 0 Å². The molecule has 68 valence electrons. The minimum absolute atomic E-state index is 0.785. The fraction of sp³-hybridized carbons (Fsp3) is 1.00. The molecule has 4 fully saturated rings. The van der Waals surface area contributed by atoms with Crippen molar-refractivity contribution >= 4 is 0 Å². The van der Waals surface area contributed by atoms with Crippen molar-refractivity contribution in [3.63, 3.8) is 0 Å². The average molecular weight is 164 g/mol. The van der Waals surface area contributed by atoms with Crippen molar-refractivity contribution in [1.29, 1.82) is 0 Å². The van der Waals surface area contributed by atoms with Gasteiger partial charge in [-0.1, -0.05) is 19.8 Å². The fourth-order valence-electron chi connectivity index (χ4n) is 4.62. The Bertz CT molecular complexity index is 178. The highest BCUT2D eigenvalue weighted by Crippen LogP contribution is 2.57. The SMILES string of the molecule is CC12CC3CCC(CC(C3)C1)C2. The van der Waals surface area contributed by atoms with Crippen LogP contribution in [-0.2, 0) is 0 Å². The minimum Gasteiger partial charge on any atom is -0.0596 e. The number of fused-ring (bicyclic) bond motifs is 1. The Balaban J connectivity index is 1.95. The summed E-state index contributed by atoms with van der Waals surface area (Å²) in [5.74, 6) is 3.39. The molecule has 0 radical (unpaired) electrons. The van der Waals surface area contributed by atoms with Crippen LogP contribution in [0.2, 0.25) is 0 Å². The van der Waals surface area contributed by atoms with E-state index >= 15 is 0 Å². The molecule has 0 aromatic heterocycles. The summed E-state index contributed by atoms with van der Waals surface area (Å²) in [6.07, 6.45) is 11.0. The van der Waals surface area contributed by atoms with Gasteiger partial charge in [-0.25, -0.2) is 0 Å². The van der Waals surface area contributed by atoms with Gasteiger partial charge in [0.15, 0.2) is 0 Å². The minimum atomic E-state index is 0.785. The van der Waals surface area contributed by atoms with Crippen LogP contribution in [-0.4, -0.2) is 0 Å². The first-order valence-electron chi connectivity index (χ1n) is 5.73. The molecule has 4 rings (SSSR count). The number of hydrogen-bond donors (Lipinski definition) is 0. The highest BCUT2D eigenvalue weighted by molar-refractivity contribution is 4.96. The van der Waals surface area contributed by atoms with E-state index in [4.69, 9.17) is 0 Å². The van der Waals surface area contributed by atoms with Crippen LogP contribution in [0.5, 0.6) is 0 Å². The van der Waals surface area contributed by atoms with Crippen molar-refractivity contribution in [2.75, 3.05) is 0 Å². The molecule has 4 aliphatic rings. The number of rotatable bonds is 0. The lowest BCUT2D eigenvalue weighted by atomic mass is 9.59. The maximum absolute atomic E-state index is 2.56. The molecule has 0 spiro atoms. The molecule has 0 amide bonds. The third kappa shape index (κ3) is 1.03. The summed E-state index contributed by atoms with van der Waals surface area (Å²) in [5.41, 5.74) is 0.785. The molecule has 0 heterocycles. The Morgan fingerprint density at radius 2 is 1.33 bits per heavy atom. The Labute approximate surface area is 75.7 Å². The molecule has 2 atom stereocenters. The molecule has 4 bridgehead atoms. The molecule has 0 heteroatoms. The van der Waals surface area contributed by atoms with Crippen molar-refractivity contribution in [3.8, 4) is 0 Å². The van der Waals surface area contributed by atoms with Gasteiger partial charge in [-0.2, -0.15) is 0 Å². The fourth-order valence-corrected chi connectivity index (χ4v) is 4.62. The van der Waals surface area contributed by atoms with Gasteiger partial charge in [-0.05, 0) is 55.3 Å². The molecule has 4 saturated carbocycles. The number of hydrogen-bond acceptors (Lipinski definition) is 0. The van der Waals surface area contributed by atoms with Gasteiger partial charge in [0.2, 0.25) is 0 Å². The molecule has 0 aliphatic heterocycles. The van der Waals surface area contributed by atoms with Gasteiger partial charge < -0.3 is 0 Å². The zero-order valence-electron chi connectivity index (χ0n) is 8.18. The van der Waals surface area contributed by atoms with Gasteiger partial charge >= 0.3 is 0 Å². The van der Waals surface area contributed by atoms with E-state index in [9.17, 15) is 0 Å². The Morgan fingerprint density at radius 3 is 1.83 bits per heavy atom. The highest BCUT2D eigenvalue weighted by atomic mass is 14.5. The normalized spacial score (nSPS) is 57.2. The summed E-state index contributed by atoms with van der Waals surface area (Å²) < 4.78 is 0. The standard InChI is InChI=1S/C12H20/c1-12-6-9-2-3-10(7-12)5-11(4-9)8-12/h9-11H,2-8H2,1H3. The molecule has 4 aliphatic carbocycles. The van der Waals surface area contributed by atoms with Gasteiger partial charge in [0.05, 0.1) is 0 Å². The predicted molar refractivity (Wildman–Crippen MR) is 50.9 cm³/mol. The van der Waals surface area contributed by atoms with Crippen LogP contribution in [0.3, 0.4) is 0 Å². The summed E-state index contributed by atoms with van der Waals surface area (Å²) >= 11 is 0. The molecular weight excluding hydrogens is 144 g/mol. The molecule has 0 N–H and O–H groups in total. The quantitative estimate of drug-likeness (QED) is 0.513. The summed E-state index contributed by atoms with van der Waals surface area (Å²) in [6.45, 7) is 2.56. The molecule has 0 aromatic carbocycles. The smallest absolute Gasteiger partial charge is 0.0318 e. The van der Waals surface area contributed by atoms with Crippen molar-refractivity contribution in [2.45, 2.75) is 51.9 Å². The lowest BCUT2D eigenvalue weighted by molar-refractivity contribution is 0.0509. The monoisotopic (exact) mass is 164 g/mol. The van der Waals surface area contributed by atoms with Crippen LogP contribution in [0.25, 0.3) is 0 Å². The van der Waals surface area contributed by atoms with Crippen LogP contribution in [0.15, 0.2) is 0 Å². The van der Waals surface area contributed by atoms with Crippen LogP contribution in [0.4, 0.5) is 0 Å². The van der Waals surface area contributed by atoms with E-state index in [-0.39, 0.29) is 0 Å². The van der Waals surface area contributed by atoms with Crippen molar-refractivity contribution in [1.82, 2.24) is 0 Å². The molecular formula is C12H20. The van der Waals surface area contributed by atoms with Crippen molar-refractivity contribution in [2.24, 2.45) is 23.2 Å². The van der Waals surface area contributed by atoms with Crippen LogP contribution in [0, 0.1) is 23.2 Å². The van der Waals surface area contributed by atoms with Gasteiger partial charge in [0.25, 0.3) is 0 Å². The first-order chi connectivity index (χ1) is 5.73. The second-order valence-corrected chi connectivity index (χ2v) is 6.07. The second kappa shape index (κ2) is 2.27. The van der Waals surface area contributed by atoms with Gasteiger partial charge in [0.1, 0.15) is 0 Å². The van der Waals surface area contributed by atoms with Crippen LogP contribution < -0.4 is 0 Å². The molecule has 0 aromatic rings. The molecule has 0 nitrogen and oxygen atoms in total.